The summed E-state index contributed by atoms with van der Waals surface area (Å²) >= 11 is 0. The van der Waals surface area contributed by atoms with Gasteiger partial charge in [0.05, 0.1) is 12.9 Å². The quantitative estimate of drug-likeness (QED) is 0.465. The average Bonchev–Trinajstić information content (AvgIpc) is 3.25. The summed E-state index contributed by atoms with van der Waals surface area (Å²) in [7, 11) is 0. The minimum atomic E-state index is -0.279. The van der Waals surface area contributed by atoms with Crippen molar-refractivity contribution in [2.75, 3.05) is 39.3 Å². The number of fused-ring (bicyclic) bond motifs is 1. The van der Waals surface area contributed by atoms with Crippen molar-refractivity contribution in [1.82, 2.24) is 9.80 Å². The molecule has 1 fully saturated rings. The normalized spacial score (nSPS) is 15.3. The fourth-order valence-corrected chi connectivity index (χ4v) is 4.43. The van der Waals surface area contributed by atoms with Gasteiger partial charge in [-0.1, -0.05) is 19.1 Å². The highest BCUT2D eigenvalue weighted by Crippen LogP contribution is 2.40. The number of halogens is 1. The molecule has 1 amide bonds. The lowest BCUT2D eigenvalue weighted by molar-refractivity contribution is -0.127. The lowest BCUT2D eigenvalue weighted by Crippen LogP contribution is -2.48. The van der Waals surface area contributed by atoms with Crippen molar-refractivity contribution in [1.29, 1.82) is 0 Å². The summed E-state index contributed by atoms with van der Waals surface area (Å²) in [5, 5.41) is 0.911. The van der Waals surface area contributed by atoms with Crippen LogP contribution in [0, 0.1) is 12.7 Å². The number of hydrogen-bond donors (Lipinski definition) is 0. The predicted octanol–water partition coefficient (Wildman–Crippen LogP) is 5.51. The van der Waals surface area contributed by atoms with E-state index in [1.54, 1.807) is 24.5 Å². The fraction of sp³-hybridized carbons (Fsp3) is 0.370. The molecule has 1 saturated heterocycles. The second kappa shape index (κ2) is 9.79. The van der Waals surface area contributed by atoms with E-state index in [4.69, 9.17) is 9.15 Å². The zero-order valence-corrected chi connectivity index (χ0v) is 19.8. The van der Waals surface area contributed by atoms with Gasteiger partial charge in [0.25, 0.3) is 0 Å². The number of piperazine rings is 1. The third kappa shape index (κ3) is 4.67. The van der Waals surface area contributed by atoms with Crippen molar-refractivity contribution >= 4 is 22.4 Å². The van der Waals surface area contributed by atoms with Crippen LogP contribution in [0.2, 0.25) is 0 Å². The minimum Gasteiger partial charge on any atom is -0.493 e. The number of carbonyl (C=O) groups excluding carboxylic acids is 1. The maximum Gasteiger partial charge on any atom is 0.246 e. The SMILES string of the molecule is CCOc1c(/C(C)=C/C(=O)N2CCN(CC)CC2)cc2c(-c3ccc(F)cc3)coc2c1C. The standard InChI is InChI=1S/C27H31FN2O3/c1-5-29-11-13-30(14-12-29)25(31)15-18(3)22-16-23-24(20-7-9-21(28)10-8-20)17-33-27(23)19(4)26(22)32-6-2/h7-10,15-17H,5-6,11-14H2,1-4H3/b18-15+. The number of likely N-dealkylation sites (N-methyl/N-ethyl adjacent to an activating group) is 1. The number of carbonyl (C=O) groups is 1. The molecule has 0 atom stereocenters. The molecule has 1 aromatic heterocycles. The van der Waals surface area contributed by atoms with Gasteiger partial charge in [-0.05, 0) is 56.7 Å². The van der Waals surface area contributed by atoms with Crippen molar-refractivity contribution < 1.29 is 18.3 Å². The lowest BCUT2D eigenvalue weighted by atomic mass is 9.96. The Balaban J connectivity index is 1.74. The Bertz CT molecular complexity index is 1170. The highest BCUT2D eigenvalue weighted by atomic mass is 19.1. The number of aryl methyl sites for hydroxylation is 1. The average molecular weight is 451 g/mol. The van der Waals surface area contributed by atoms with Crippen molar-refractivity contribution in [2.24, 2.45) is 0 Å². The van der Waals surface area contributed by atoms with Crippen LogP contribution in [0.25, 0.3) is 27.7 Å². The van der Waals surface area contributed by atoms with Crippen molar-refractivity contribution in [3.63, 3.8) is 0 Å². The Morgan fingerprint density at radius 1 is 1.15 bits per heavy atom. The molecule has 4 rings (SSSR count). The summed E-state index contributed by atoms with van der Waals surface area (Å²) < 4.78 is 25.4. The molecule has 0 saturated carbocycles. The number of furan rings is 1. The molecule has 2 aromatic carbocycles. The van der Waals surface area contributed by atoms with E-state index in [2.05, 4.69) is 11.8 Å². The van der Waals surface area contributed by atoms with Gasteiger partial charge >= 0.3 is 0 Å². The molecular formula is C27H31FN2O3. The van der Waals surface area contributed by atoms with Gasteiger partial charge in [0.1, 0.15) is 17.1 Å². The second-order valence-corrected chi connectivity index (χ2v) is 8.43. The van der Waals surface area contributed by atoms with Crippen LogP contribution in [0.15, 0.2) is 47.1 Å². The van der Waals surface area contributed by atoms with Crippen LogP contribution in [0.1, 0.15) is 31.9 Å². The van der Waals surface area contributed by atoms with Gasteiger partial charge in [-0.25, -0.2) is 4.39 Å². The molecule has 1 aliphatic rings. The van der Waals surface area contributed by atoms with E-state index < -0.39 is 0 Å². The van der Waals surface area contributed by atoms with Gasteiger partial charge in [0.2, 0.25) is 5.91 Å². The summed E-state index contributed by atoms with van der Waals surface area (Å²) in [5.41, 5.74) is 5.08. The Labute approximate surface area is 194 Å². The molecular weight excluding hydrogens is 419 g/mol. The maximum absolute atomic E-state index is 13.4. The first-order chi connectivity index (χ1) is 15.9. The largest absolute Gasteiger partial charge is 0.493 e. The molecule has 0 spiro atoms. The predicted molar refractivity (Wildman–Crippen MR) is 130 cm³/mol. The Morgan fingerprint density at radius 2 is 1.85 bits per heavy atom. The zero-order valence-electron chi connectivity index (χ0n) is 19.8. The zero-order chi connectivity index (χ0) is 23.5. The van der Waals surface area contributed by atoms with Crippen LogP contribution in [-0.2, 0) is 4.79 Å². The fourth-order valence-electron chi connectivity index (χ4n) is 4.43. The van der Waals surface area contributed by atoms with E-state index in [0.29, 0.717) is 6.61 Å². The van der Waals surface area contributed by atoms with Gasteiger partial charge in [0, 0.05) is 54.3 Å². The molecule has 0 N–H and O–H groups in total. The molecule has 6 heteroatoms. The highest BCUT2D eigenvalue weighted by molar-refractivity contribution is 6.01. The van der Waals surface area contributed by atoms with Crippen LogP contribution in [0.3, 0.4) is 0 Å². The third-order valence-electron chi connectivity index (χ3n) is 6.38. The summed E-state index contributed by atoms with van der Waals surface area (Å²) in [6.45, 7) is 12.8. The maximum atomic E-state index is 13.4. The van der Waals surface area contributed by atoms with Gasteiger partial charge in [-0.2, -0.15) is 0 Å². The highest BCUT2D eigenvalue weighted by Gasteiger charge is 2.22. The molecule has 33 heavy (non-hydrogen) atoms. The van der Waals surface area contributed by atoms with E-state index in [9.17, 15) is 9.18 Å². The van der Waals surface area contributed by atoms with Gasteiger partial charge in [0.15, 0.2) is 0 Å². The molecule has 3 aromatic rings. The first-order valence-electron chi connectivity index (χ1n) is 11.6. The van der Waals surface area contributed by atoms with Gasteiger partial charge < -0.3 is 19.0 Å². The first kappa shape index (κ1) is 23.1. The summed E-state index contributed by atoms with van der Waals surface area (Å²) in [4.78, 5) is 17.3. The minimum absolute atomic E-state index is 0.0226. The van der Waals surface area contributed by atoms with E-state index in [1.807, 2.05) is 31.7 Å². The first-order valence-corrected chi connectivity index (χ1v) is 11.6. The van der Waals surface area contributed by atoms with E-state index >= 15 is 0 Å². The number of allylic oxidation sites excluding steroid dienone is 1. The van der Waals surface area contributed by atoms with Crippen LogP contribution in [-0.4, -0.2) is 55.0 Å². The molecule has 174 valence electrons. The third-order valence-corrected chi connectivity index (χ3v) is 6.38. The van der Waals surface area contributed by atoms with E-state index in [1.165, 1.54) is 12.1 Å². The smallest absolute Gasteiger partial charge is 0.246 e. The molecule has 0 radical (unpaired) electrons. The molecule has 1 aliphatic heterocycles. The second-order valence-electron chi connectivity index (χ2n) is 8.43. The summed E-state index contributed by atoms with van der Waals surface area (Å²) in [6.07, 6.45) is 3.41. The number of nitrogens with zero attached hydrogens (tertiary/aromatic N) is 2. The Hall–Kier alpha value is -3.12. The molecule has 0 aliphatic carbocycles. The van der Waals surface area contributed by atoms with E-state index in [-0.39, 0.29) is 11.7 Å². The van der Waals surface area contributed by atoms with Crippen molar-refractivity contribution in [2.45, 2.75) is 27.7 Å². The topological polar surface area (TPSA) is 45.9 Å². The van der Waals surface area contributed by atoms with E-state index in [0.717, 1.165) is 77.3 Å². The molecule has 5 nitrogen and oxygen atoms in total. The molecule has 0 bridgehead atoms. The van der Waals surface area contributed by atoms with Crippen molar-refractivity contribution in [3.05, 3.63) is 59.6 Å². The van der Waals surface area contributed by atoms with Crippen LogP contribution in [0.5, 0.6) is 5.75 Å². The van der Waals surface area contributed by atoms with Crippen LogP contribution >= 0.6 is 0 Å². The molecule has 2 heterocycles. The Morgan fingerprint density at radius 3 is 2.48 bits per heavy atom. The summed E-state index contributed by atoms with van der Waals surface area (Å²) in [6, 6.07) is 8.39. The molecule has 0 unspecified atom stereocenters. The van der Waals surface area contributed by atoms with Gasteiger partial charge in [-0.3, -0.25) is 4.79 Å². The Kier molecular flexibility index (Phi) is 6.84. The van der Waals surface area contributed by atoms with Crippen molar-refractivity contribution in [3.8, 4) is 16.9 Å². The number of amides is 1. The van der Waals surface area contributed by atoms with Crippen LogP contribution < -0.4 is 4.74 Å². The number of hydrogen-bond acceptors (Lipinski definition) is 4. The number of benzene rings is 2. The lowest BCUT2D eigenvalue weighted by Gasteiger charge is -2.33. The monoisotopic (exact) mass is 450 g/mol. The number of ether oxygens (including phenoxy) is 1. The van der Waals surface area contributed by atoms with Crippen LogP contribution in [0.4, 0.5) is 4.39 Å². The summed E-state index contributed by atoms with van der Waals surface area (Å²) in [5.74, 6) is 0.468. The van der Waals surface area contributed by atoms with Gasteiger partial charge in [-0.15, -0.1) is 0 Å². The number of rotatable bonds is 6.